The van der Waals surface area contributed by atoms with Gasteiger partial charge in [0.25, 0.3) is 0 Å². The normalized spacial score (nSPS) is 21.3. The van der Waals surface area contributed by atoms with Crippen LogP contribution in [0, 0.1) is 0 Å². The van der Waals surface area contributed by atoms with Gasteiger partial charge in [-0.15, -0.1) is 12.4 Å². The summed E-state index contributed by atoms with van der Waals surface area (Å²) in [5, 5.41) is 3.18. The van der Waals surface area contributed by atoms with Crippen molar-refractivity contribution in [1.29, 1.82) is 0 Å². The van der Waals surface area contributed by atoms with E-state index in [9.17, 15) is 8.42 Å². The molecule has 7 heteroatoms. The first-order chi connectivity index (χ1) is 8.01. The first-order valence-corrected chi connectivity index (χ1v) is 7.73. The van der Waals surface area contributed by atoms with Gasteiger partial charge in [-0.1, -0.05) is 15.9 Å². The van der Waals surface area contributed by atoms with Crippen molar-refractivity contribution in [2.24, 2.45) is 0 Å². The summed E-state index contributed by atoms with van der Waals surface area (Å²) < 4.78 is 27.2. The Morgan fingerprint density at radius 3 is 2.50 bits per heavy atom. The first-order valence-electron chi connectivity index (χ1n) is 5.50. The lowest BCUT2D eigenvalue weighted by molar-refractivity contribution is 0.284. The van der Waals surface area contributed by atoms with Crippen LogP contribution in [-0.2, 0) is 10.0 Å². The summed E-state index contributed by atoms with van der Waals surface area (Å²) in [7, 11) is -3.36. The summed E-state index contributed by atoms with van der Waals surface area (Å²) in [5.41, 5.74) is 0. The van der Waals surface area contributed by atoms with Gasteiger partial charge in [-0.25, -0.2) is 8.42 Å². The Balaban J connectivity index is 0.00000162. The molecule has 0 saturated carbocycles. The zero-order valence-electron chi connectivity index (χ0n) is 9.97. The van der Waals surface area contributed by atoms with Gasteiger partial charge in [-0.2, -0.15) is 4.31 Å². The van der Waals surface area contributed by atoms with Crippen LogP contribution in [0.4, 0.5) is 0 Å². The van der Waals surface area contributed by atoms with E-state index in [4.69, 9.17) is 0 Å². The Morgan fingerprint density at radius 1 is 1.33 bits per heavy atom. The van der Waals surface area contributed by atoms with E-state index in [-0.39, 0.29) is 18.4 Å². The number of halogens is 2. The molecule has 0 radical (unpaired) electrons. The van der Waals surface area contributed by atoms with Crippen LogP contribution in [0.25, 0.3) is 0 Å². The zero-order valence-corrected chi connectivity index (χ0v) is 13.2. The van der Waals surface area contributed by atoms with Crippen molar-refractivity contribution in [3.8, 4) is 0 Å². The van der Waals surface area contributed by atoms with Gasteiger partial charge in [0.2, 0.25) is 10.0 Å². The summed E-state index contributed by atoms with van der Waals surface area (Å²) in [6.07, 6.45) is 0. The summed E-state index contributed by atoms with van der Waals surface area (Å²) in [6, 6.07) is 6.76. The van der Waals surface area contributed by atoms with Crippen LogP contribution in [0.5, 0.6) is 0 Å². The van der Waals surface area contributed by atoms with Gasteiger partial charge in [0, 0.05) is 30.1 Å². The van der Waals surface area contributed by atoms with Crippen molar-refractivity contribution in [1.82, 2.24) is 9.62 Å². The molecule has 1 heterocycles. The summed E-state index contributed by atoms with van der Waals surface area (Å²) in [6.45, 7) is 3.86. The number of sulfonamides is 1. The highest BCUT2D eigenvalue weighted by atomic mass is 79.9. The number of hydrogen-bond donors (Lipinski definition) is 1. The highest BCUT2D eigenvalue weighted by Gasteiger charge is 2.30. The molecule has 0 spiro atoms. The summed E-state index contributed by atoms with van der Waals surface area (Å²) >= 11 is 3.30. The first kappa shape index (κ1) is 15.9. The average Bonchev–Trinajstić information content (AvgIpc) is 2.30. The van der Waals surface area contributed by atoms with Crippen molar-refractivity contribution in [3.05, 3.63) is 28.7 Å². The second-order valence-corrected chi connectivity index (χ2v) is 6.93. The van der Waals surface area contributed by atoms with Gasteiger partial charge >= 0.3 is 0 Å². The van der Waals surface area contributed by atoms with Crippen LogP contribution in [0.2, 0.25) is 0 Å². The Morgan fingerprint density at radius 2 is 1.94 bits per heavy atom. The highest BCUT2D eigenvalue weighted by Crippen LogP contribution is 2.21. The quantitative estimate of drug-likeness (QED) is 0.881. The molecule has 1 saturated heterocycles. The number of rotatable bonds is 2. The molecule has 0 aromatic heterocycles. The lowest BCUT2D eigenvalue weighted by Crippen LogP contribution is -2.52. The van der Waals surface area contributed by atoms with Crippen LogP contribution in [0.1, 0.15) is 6.92 Å². The number of benzene rings is 1. The molecule has 1 aromatic rings. The van der Waals surface area contributed by atoms with Crippen molar-refractivity contribution in [2.75, 3.05) is 19.6 Å². The van der Waals surface area contributed by atoms with Gasteiger partial charge in [0.05, 0.1) is 4.90 Å². The van der Waals surface area contributed by atoms with E-state index in [1.165, 1.54) is 0 Å². The second kappa shape index (κ2) is 6.34. The monoisotopic (exact) mass is 354 g/mol. The predicted octanol–water partition coefficient (Wildman–Crippen LogP) is 1.85. The molecule has 1 N–H and O–H groups in total. The van der Waals surface area contributed by atoms with E-state index in [2.05, 4.69) is 21.2 Å². The minimum atomic E-state index is -3.36. The fourth-order valence-electron chi connectivity index (χ4n) is 1.92. The Labute approximate surface area is 122 Å². The van der Waals surface area contributed by atoms with Gasteiger partial charge < -0.3 is 5.32 Å². The minimum absolute atomic E-state index is 0. The maximum Gasteiger partial charge on any atom is 0.243 e. The van der Waals surface area contributed by atoms with E-state index in [0.717, 1.165) is 4.47 Å². The maximum atomic E-state index is 12.4. The molecule has 0 unspecified atom stereocenters. The van der Waals surface area contributed by atoms with Gasteiger partial charge in [0.1, 0.15) is 0 Å². The fourth-order valence-corrected chi connectivity index (χ4v) is 3.82. The lowest BCUT2D eigenvalue weighted by Gasteiger charge is -2.32. The van der Waals surface area contributed by atoms with Crippen LogP contribution < -0.4 is 5.32 Å². The van der Waals surface area contributed by atoms with Crippen LogP contribution in [0.3, 0.4) is 0 Å². The van der Waals surface area contributed by atoms with Gasteiger partial charge in [0.15, 0.2) is 0 Å². The largest absolute Gasteiger partial charge is 0.314 e. The Bertz CT molecular complexity index is 492. The van der Waals surface area contributed by atoms with E-state index in [1.807, 2.05) is 6.92 Å². The van der Waals surface area contributed by atoms with Gasteiger partial charge in [-0.05, 0) is 31.2 Å². The molecule has 1 aliphatic rings. The molecular weight excluding hydrogens is 340 g/mol. The minimum Gasteiger partial charge on any atom is -0.314 e. The third-order valence-electron chi connectivity index (χ3n) is 2.86. The van der Waals surface area contributed by atoms with Crippen molar-refractivity contribution >= 4 is 38.4 Å². The van der Waals surface area contributed by atoms with Crippen LogP contribution >= 0.6 is 28.3 Å². The molecule has 1 fully saturated rings. The lowest BCUT2D eigenvalue weighted by atomic mass is 10.3. The molecule has 1 aliphatic heterocycles. The summed E-state index contributed by atoms with van der Waals surface area (Å²) in [4.78, 5) is 0.356. The number of hydrogen-bond acceptors (Lipinski definition) is 3. The molecule has 1 aromatic carbocycles. The van der Waals surface area contributed by atoms with Crippen LogP contribution in [0.15, 0.2) is 33.6 Å². The van der Waals surface area contributed by atoms with Gasteiger partial charge in [-0.3, -0.25) is 0 Å². The molecule has 0 bridgehead atoms. The SMILES string of the molecule is C[C@@H]1CNCCN1S(=O)(=O)c1ccc(Br)cc1.Cl. The van der Waals surface area contributed by atoms with Crippen molar-refractivity contribution in [3.63, 3.8) is 0 Å². The number of nitrogens with one attached hydrogen (secondary N) is 1. The van der Waals surface area contributed by atoms with Crippen molar-refractivity contribution in [2.45, 2.75) is 17.9 Å². The standard InChI is InChI=1S/C11H15BrN2O2S.ClH/c1-9-8-13-6-7-14(9)17(15,16)11-4-2-10(12)3-5-11;/h2-5,9,13H,6-8H2,1H3;1H/t9-;/m1./s1. The fraction of sp³-hybridized carbons (Fsp3) is 0.455. The molecule has 0 amide bonds. The van der Waals surface area contributed by atoms with E-state index >= 15 is 0 Å². The molecule has 0 aliphatic carbocycles. The molecule has 1 atom stereocenters. The second-order valence-electron chi connectivity index (χ2n) is 4.12. The molecule has 4 nitrogen and oxygen atoms in total. The Hall–Kier alpha value is -0.140. The maximum absolute atomic E-state index is 12.4. The van der Waals surface area contributed by atoms with E-state index in [1.54, 1.807) is 28.6 Å². The smallest absolute Gasteiger partial charge is 0.243 e. The summed E-state index contributed by atoms with van der Waals surface area (Å²) in [5.74, 6) is 0. The molecule has 18 heavy (non-hydrogen) atoms. The Kier molecular flexibility index (Phi) is 5.61. The molecule has 2 rings (SSSR count). The topological polar surface area (TPSA) is 49.4 Å². The number of nitrogens with zero attached hydrogens (tertiary/aromatic N) is 1. The highest BCUT2D eigenvalue weighted by molar-refractivity contribution is 9.10. The third-order valence-corrected chi connectivity index (χ3v) is 5.42. The average molecular weight is 356 g/mol. The zero-order chi connectivity index (χ0) is 12.5. The molecular formula is C11H16BrClN2O2S. The van der Waals surface area contributed by atoms with E-state index < -0.39 is 10.0 Å². The predicted molar refractivity (Wildman–Crippen MR) is 77.6 cm³/mol. The molecule has 102 valence electrons. The van der Waals surface area contributed by atoms with E-state index in [0.29, 0.717) is 24.5 Å². The van der Waals surface area contributed by atoms with Crippen molar-refractivity contribution < 1.29 is 8.42 Å². The van der Waals surface area contributed by atoms with Crippen LogP contribution in [-0.4, -0.2) is 38.4 Å². The third kappa shape index (κ3) is 3.24. The number of piperazine rings is 1.